The number of imidazole rings is 1. The topological polar surface area (TPSA) is 82.6 Å². The van der Waals surface area contributed by atoms with Crippen LogP contribution >= 0.6 is 0 Å². The van der Waals surface area contributed by atoms with Gasteiger partial charge >= 0.3 is 0 Å². The lowest BCUT2D eigenvalue weighted by Crippen LogP contribution is -2.21. The number of carbonyl (C=O) groups excluding carboxylic acids is 1. The summed E-state index contributed by atoms with van der Waals surface area (Å²) in [5.74, 6) is -0.320. The summed E-state index contributed by atoms with van der Waals surface area (Å²) in [6.45, 7) is 3.59. The maximum absolute atomic E-state index is 12.5. The Balaban J connectivity index is 1.83. The van der Waals surface area contributed by atoms with Gasteiger partial charge in [-0.05, 0) is 43.7 Å². The number of nitrogens with one attached hydrogen (secondary N) is 1. The summed E-state index contributed by atoms with van der Waals surface area (Å²) >= 11 is 0. The third-order valence-electron chi connectivity index (χ3n) is 3.68. The van der Waals surface area contributed by atoms with Crippen LogP contribution in [-0.2, 0) is 0 Å². The zero-order valence-electron chi connectivity index (χ0n) is 13.3. The average molecular weight is 317 g/mol. The summed E-state index contributed by atoms with van der Waals surface area (Å²) in [5.41, 5.74) is 6.46. The Morgan fingerprint density at radius 3 is 2.71 bits per heavy atom. The van der Waals surface area contributed by atoms with Gasteiger partial charge in [0.05, 0.1) is 23.0 Å². The first-order valence-electron chi connectivity index (χ1n) is 7.39. The molecular weight excluding hydrogens is 302 g/mol. The van der Waals surface area contributed by atoms with Gasteiger partial charge in [-0.3, -0.25) is 9.20 Å². The standard InChI is InChI=1S/C18H15N5O/c1-12(15-8-6-14(11-19)7-9-15)21-22-18(24)17-13(2)20-16-5-3-4-10-23(16)17/h3-10H,1-2H3,(H,22,24)/b21-12-. The minimum Gasteiger partial charge on any atom is -0.295 e. The number of nitriles is 1. The molecule has 0 spiro atoms. The van der Waals surface area contributed by atoms with Crippen LogP contribution in [0.4, 0.5) is 0 Å². The highest BCUT2D eigenvalue weighted by Crippen LogP contribution is 2.11. The second-order valence-corrected chi connectivity index (χ2v) is 5.30. The second kappa shape index (κ2) is 6.34. The lowest BCUT2D eigenvalue weighted by molar-refractivity contribution is 0.0948. The monoisotopic (exact) mass is 317 g/mol. The van der Waals surface area contributed by atoms with E-state index in [1.165, 1.54) is 0 Å². The zero-order valence-corrected chi connectivity index (χ0v) is 13.3. The fraction of sp³-hybridized carbons (Fsp3) is 0.111. The van der Waals surface area contributed by atoms with Crippen molar-refractivity contribution in [2.75, 3.05) is 0 Å². The van der Waals surface area contributed by atoms with Gasteiger partial charge in [-0.15, -0.1) is 0 Å². The van der Waals surface area contributed by atoms with Crippen molar-refractivity contribution in [3.05, 3.63) is 71.2 Å². The second-order valence-electron chi connectivity index (χ2n) is 5.30. The van der Waals surface area contributed by atoms with Crippen LogP contribution in [0.3, 0.4) is 0 Å². The number of pyridine rings is 1. The van der Waals surface area contributed by atoms with E-state index in [1.54, 1.807) is 48.7 Å². The molecule has 1 N–H and O–H groups in total. The van der Waals surface area contributed by atoms with Crippen LogP contribution < -0.4 is 5.43 Å². The summed E-state index contributed by atoms with van der Waals surface area (Å²) in [7, 11) is 0. The molecule has 0 unspecified atom stereocenters. The van der Waals surface area contributed by atoms with E-state index in [-0.39, 0.29) is 5.91 Å². The largest absolute Gasteiger partial charge is 0.295 e. The van der Waals surface area contributed by atoms with Crippen LogP contribution in [0.1, 0.15) is 34.2 Å². The van der Waals surface area contributed by atoms with Crippen molar-refractivity contribution in [1.82, 2.24) is 14.8 Å². The van der Waals surface area contributed by atoms with Crippen molar-refractivity contribution in [3.63, 3.8) is 0 Å². The summed E-state index contributed by atoms with van der Waals surface area (Å²) in [6.07, 6.45) is 1.79. The molecule has 1 aromatic carbocycles. The number of aryl methyl sites for hydroxylation is 1. The Labute approximate surface area is 139 Å². The highest BCUT2D eigenvalue weighted by Gasteiger charge is 2.15. The van der Waals surface area contributed by atoms with Gasteiger partial charge < -0.3 is 0 Å². The first-order valence-corrected chi connectivity index (χ1v) is 7.39. The Kier molecular flexibility index (Phi) is 4.08. The number of fused-ring (bicyclic) bond motifs is 1. The van der Waals surface area contributed by atoms with E-state index in [9.17, 15) is 4.79 Å². The number of nitrogens with zero attached hydrogens (tertiary/aromatic N) is 4. The van der Waals surface area contributed by atoms with Crippen molar-refractivity contribution in [3.8, 4) is 6.07 Å². The summed E-state index contributed by atoms with van der Waals surface area (Å²) in [4.78, 5) is 16.8. The molecule has 3 rings (SSSR count). The SMILES string of the molecule is C/C(=N/NC(=O)c1c(C)nc2ccccn12)c1ccc(C#N)cc1. The Morgan fingerprint density at radius 1 is 1.25 bits per heavy atom. The predicted molar refractivity (Wildman–Crippen MR) is 90.8 cm³/mol. The fourth-order valence-corrected chi connectivity index (χ4v) is 2.43. The molecule has 2 heterocycles. The number of hydrogen-bond acceptors (Lipinski definition) is 4. The molecule has 1 amide bonds. The molecule has 0 fully saturated rings. The molecule has 0 aliphatic carbocycles. The summed E-state index contributed by atoms with van der Waals surface area (Å²) < 4.78 is 1.73. The smallest absolute Gasteiger partial charge is 0.290 e. The molecule has 0 bridgehead atoms. The Morgan fingerprint density at radius 2 is 2.00 bits per heavy atom. The van der Waals surface area contributed by atoms with E-state index in [2.05, 4.69) is 21.6 Å². The van der Waals surface area contributed by atoms with Crippen molar-refractivity contribution < 1.29 is 4.79 Å². The first-order chi connectivity index (χ1) is 11.6. The predicted octanol–water partition coefficient (Wildman–Crippen LogP) is 2.67. The average Bonchev–Trinajstić information content (AvgIpc) is 2.95. The number of benzene rings is 1. The molecule has 0 saturated heterocycles. The fourth-order valence-electron chi connectivity index (χ4n) is 2.43. The molecule has 6 nitrogen and oxygen atoms in total. The van der Waals surface area contributed by atoms with Gasteiger partial charge in [0.1, 0.15) is 11.3 Å². The number of hydrazone groups is 1. The lowest BCUT2D eigenvalue weighted by atomic mass is 10.1. The lowest BCUT2D eigenvalue weighted by Gasteiger charge is -2.04. The number of amides is 1. The number of aromatic nitrogens is 2. The van der Waals surface area contributed by atoms with E-state index >= 15 is 0 Å². The quantitative estimate of drug-likeness (QED) is 0.595. The van der Waals surface area contributed by atoms with Crippen molar-refractivity contribution >= 4 is 17.3 Å². The number of hydrogen-bond donors (Lipinski definition) is 1. The third kappa shape index (κ3) is 2.88. The van der Waals surface area contributed by atoms with Crippen LogP contribution in [0.25, 0.3) is 5.65 Å². The van der Waals surface area contributed by atoms with Crippen molar-refractivity contribution in [2.45, 2.75) is 13.8 Å². The molecule has 24 heavy (non-hydrogen) atoms. The molecule has 0 aliphatic heterocycles. The minimum absolute atomic E-state index is 0.320. The molecule has 0 aliphatic rings. The Hall–Kier alpha value is -3.46. The molecule has 6 heteroatoms. The number of rotatable bonds is 3. The van der Waals surface area contributed by atoms with Crippen molar-refractivity contribution in [1.29, 1.82) is 5.26 Å². The van der Waals surface area contributed by atoms with Crippen LogP contribution in [-0.4, -0.2) is 21.0 Å². The molecule has 3 aromatic rings. The minimum atomic E-state index is -0.320. The molecule has 0 atom stereocenters. The van der Waals surface area contributed by atoms with Gasteiger partial charge in [0.2, 0.25) is 0 Å². The molecular formula is C18H15N5O. The molecule has 0 saturated carbocycles. The molecule has 0 radical (unpaired) electrons. The van der Waals surface area contributed by atoms with Gasteiger partial charge in [0, 0.05) is 6.20 Å². The maximum atomic E-state index is 12.5. The van der Waals surface area contributed by atoms with E-state index in [0.29, 0.717) is 28.3 Å². The summed E-state index contributed by atoms with van der Waals surface area (Å²) in [6, 6.07) is 14.6. The highest BCUT2D eigenvalue weighted by molar-refractivity contribution is 6.01. The third-order valence-corrected chi connectivity index (χ3v) is 3.68. The number of carbonyl (C=O) groups is 1. The zero-order chi connectivity index (χ0) is 17.1. The van der Waals surface area contributed by atoms with Gasteiger partial charge in [0.15, 0.2) is 0 Å². The van der Waals surface area contributed by atoms with Gasteiger partial charge in [-0.1, -0.05) is 18.2 Å². The first kappa shape index (κ1) is 15.4. The maximum Gasteiger partial charge on any atom is 0.290 e. The van der Waals surface area contributed by atoms with E-state index < -0.39 is 0 Å². The van der Waals surface area contributed by atoms with Crippen molar-refractivity contribution in [2.24, 2.45) is 5.10 Å². The Bertz CT molecular complexity index is 977. The molecule has 118 valence electrons. The molecule has 2 aromatic heterocycles. The van der Waals surface area contributed by atoms with Crippen LogP contribution in [0.2, 0.25) is 0 Å². The van der Waals surface area contributed by atoms with Crippen LogP contribution in [0.15, 0.2) is 53.8 Å². The van der Waals surface area contributed by atoms with E-state index in [4.69, 9.17) is 5.26 Å². The summed E-state index contributed by atoms with van der Waals surface area (Å²) in [5, 5.41) is 13.0. The normalized spacial score (nSPS) is 11.3. The van der Waals surface area contributed by atoms with Gasteiger partial charge in [-0.25, -0.2) is 10.4 Å². The van der Waals surface area contributed by atoms with Gasteiger partial charge in [-0.2, -0.15) is 10.4 Å². The van der Waals surface area contributed by atoms with E-state index in [0.717, 1.165) is 5.56 Å². The van der Waals surface area contributed by atoms with Gasteiger partial charge in [0.25, 0.3) is 5.91 Å². The van der Waals surface area contributed by atoms with Crippen LogP contribution in [0, 0.1) is 18.3 Å². The van der Waals surface area contributed by atoms with Crippen LogP contribution in [0.5, 0.6) is 0 Å². The highest BCUT2D eigenvalue weighted by atomic mass is 16.2. The van der Waals surface area contributed by atoms with E-state index in [1.807, 2.05) is 18.2 Å².